The molecular formula is C12H11N3O3S. The molecule has 1 fully saturated rings. The molecule has 0 atom stereocenters. The third-order valence-electron chi connectivity index (χ3n) is 2.71. The first-order chi connectivity index (χ1) is 9.12. The molecule has 0 saturated carbocycles. The van der Waals surface area contributed by atoms with Gasteiger partial charge in [0.05, 0.1) is 32.0 Å². The summed E-state index contributed by atoms with van der Waals surface area (Å²) in [4.78, 5) is 13.1. The molecule has 1 amide bonds. The highest BCUT2D eigenvalue weighted by Gasteiger charge is 2.30. The molecule has 1 heterocycles. The molecule has 0 radical (unpaired) electrons. The van der Waals surface area contributed by atoms with Crippen molar-refractivity contribution >= 4 is 28.9 Å². The fourth-order valence-electron chi connectivity index (χ4n) is 1.81. The van der Waals surface area contributed by atoms with Crippen molar-refractivity contribution in [1.82, 2.24) is 5.32 Å². The van der Waals surface area contributed by atoms with Crippen molar-refractivity contribution in [3.05, 3.63) is 17.7 Å². The second kappa shape index (κ2) is 5.12. The highest BCUT2D eigenvalue weighted by atomic mass is 32.1. The van der Waals surface area contributed by atoms with E-state index in [1.165, 1.54) is 25.2 Å². The van der Waals surface area contributed by atoms with Gasteiger partial charge < -0.3 is 14.8 Å². The van der Waals surface area contributed by atoms with Crippen LogP contribution in [0.1, 0.15) is 5.56 Å². The summed E-state index contributed by atoms with van der Waals surface area (Å²) in [5.41, 5.74) is 0.678. The Bertz CT molecular complexity index is 579. The minimum absolute atomic E-state index is 0.123. The van der Waals surface area contributed by atoms with Gasteiger partial charge in [-0.05, 0) is 12.2 Å². The number of nitrogens with one attached hydrogen (secondary N) is 1. The second-order valence-electron chi connectivity index (χ2n) is 3.72. The van der Waals surface area contributed by atoms with Crippen LogP contribution in [0.15, 0.2) is 12.1 Å². The first kappa shape index (κ1) is 13.1. The Morgan fingerprint density at radius 1 is 1.37 bits per heavy atom. The van der Waals surface area contributed by atoms with Crippen molar-refractivity contribution in [2.24, 2.45) is 0 Å². The molecule has 1 saturated heterocycles. The molecule has 1 aromatic rings. The molecule has 19 heavy (non-hydrogen) atoms. The quantitative estimate of drug-likeness (QED) is 0.824. The number of amides is 1. The van der Waals surface area contributed by atoms with Gasteiger partial charge in [0, 0.05) is 12.1 Å². The van der Waals surface area contributed by atoms with E-state index in [-0.39, 0.29) is 23.1 Å². The summed E-state index contributed by atoms with van der Waals surface area (Å²) < 4.78 is 10.3. The number of carbonyl (C=O) groups excluding carboxylic acids is 1. The second-order valence-corrected chi connectivity index (χ2v) is 4.11. The molecule has 1 aromatic carbocycles. The minimum Gasteiger partial charge on any atom is -0.493 e. The van der Waals surface area contributed by atoms with Gasteiger partial charge in [-0.2, -0.15) is 5.26 Å². The van der Waals surface area contributed by atoms with Crippen LogP contribution in [0.25, 0.3) is 0 Å². The van der Waals surface area contributed by atoms with E-state index in [1.807, 2.05) is 6.07 Å². The van der Waals surface area contributed by atoms with E-state index in [9.17, 15) is 10.1 Å². The van der Waals surface area contributed by atoms with Gasteiger partial charge in [-0.15, -0.1) is 0 Å². The summed E-state index contributed by atoms with van der Waals surface area (Å²) >= 11 is 5.06. The lowest BCUT2D eigenvalue weighted by Crippen LogP contribution is -2.31. The predicted molar refractivity (Wildman–Crippen MR) is 72.3 cm³/mol. The Kier molecular flexibility index (Phi) is 3.53. The zero-order chi connectivity index (χ0) is 14.0. The highest BCUT2D eigenvalue weighted by Crippen LogP contribution is 2.35. The van der Waals surface area contributed by atoms with Gasteiger partial charge in [0.25, 0.3) is 5.91 Å². The van der Waals surface area contributed by atoms with E-state index >= 15 is 0 Å². The van der Waals surface area contributed by atoms with Crippen molar-refractivity contribution in [2.45, 2.75) is 0 Å². The first-order valence-electron chi connectivity index (χ1n) is 5.39. The molecule has 0 spiro atoms. The van der Waals surface area contributed by atoms with Gasteiger partial charge >= 0.3 is 0 Å². The van der Waals surface area contributed by atoms with Crippen LogP contribution in [0, 0.1) is 11.3 Å². The summed E-state index contributed by atoms with van der Waals surface area (Å²) in [6.07, 6.45) is 0. The fraction of sp³-hybridized carbons (Fsp3) is 0.250. The lowest BCUT2D eigenvalue weighted by molar-refractivity contribution is -0.115. The zero-order valence-electron chi connectivity index (χ0n) is 10.4. The molecule has 1 aliphatic heterocycles. The molecule has 0 aromatic heterocycles. The lowest BCUT2D eigenvalue weighted by Gasteiger charge is -2.18. The molecule has 98 valence electrons. The molecular weight excluding hydrogens is 266 g/mol. The summed E-state index contributed by atoms with van der Waals surface area (Å²) in [6, 6.07) is 5.10. The third kappa shape index (κ3) is 2.18. The molecule has 0 unspecified atom stereocenters. The van der Waals surface area contributed by atoms with E-state index in [0.717, 1.165) is 0 Å². The van der Waals surface area contributed by atoms with Crippen LogP contribution >= 0.6 is 12.2 Å². The Morgan fingerprint density at radius 3 is 2.47 bits per heavy atom. The number of ether oxygens (including phenoxy) is 2. The van der Waals surface area contributed by atoms with Crippen LogP contribution in [0.4, 0.5) is 5.69 Å². The van der Waals surface area contributed by atoms with E-state index in [2.05, 4.69) is 5.32 Å². The molecule has 2 rings (SSSR count). The fourth-order valence-corrected chi connectivity index (χ4v) is 2.08. The van der Waals surface area contributed by atoms with Gasteiger partial charge in [-0.3, -0.25) is 9.69 Å². The van der Waals surface area contributed by atoms with Crippen LogP contribution in [-0.2, 0) is 4.79 Å². The van der Waals surface area contributed by atoms with E-state index in [4.69, 9.17) is 21.7 Å². The number of hydrogen-bond acceptors (Lipinski definition) is 5. The van der Waals surface area contributed by atoms with Crippen LogP contribution in [0.3, 0.4) is 0 Å². The number of nitriles is 1. The minimum atomic E-state index is -0.214. The lowest BCUT2D eigenvalue weighted by atomic mass is 10.1. The number of benzene rings is 1. The number of nitrogens with zero attached hydrogens (tertiary/aromatic N) is 2. The smallest absolute Gasteiger partial charge is 0.252 e. The normalized spacial score (nSPS) is 14.1. The van der Waals surface area contributed by atoms with Crippen molar-refractivity contribution in [3.63, 3.8) is 0 Å². The number of methoxy groups -OCH3 is 2. The van der Waals surface area contributed by atoms with Crippen molar-refractivity contribution in [3.8, 4) is 17.6 Å². The number of anilines is 1. The van der Waals surface area contributed by atoms with Crippen LogP contribution < -0.4 is 19.7 Å². The van der Waals surface area contributed by atoms with Gasteiger partial charge in [0.15, 0.2) is 16.6 Å². The average Bonchev–Trinajstić information content (AvgIpc) is 2.76. The molecule has 1 N–H and O–H groups in total. The summed E-state index contributed by atoms with van der Waals surface area (Å²) in [6.45, 7) is 0.123. The van der Waals surface area contributed by atoms with Gasteiger partial charge in [0.1, 0.15) is 6.07 Å². The van der Waals surface area contributed by atoms with Crippen molar-refractivity contribution in [2.75, 3.05) is 25.7 Å². The molecule has 0 aliphatic carbocycles. The molecule has 6 nitrogen and oxygen atoms in total. The largest absolute Gasteiger partial charge is 0.493 e. The summed E-state index contributed by atoms with van der Waals surface area (Å²) in [5, 5.41) is 12.2. The number of hydrogen-bond donors (Lipinski definition) is 1. The van der Waals surface area contributed by atoms with E-state index < -0.39 is 0 Å². The Morgan fingerprint density at radius 2 is 2.00 bits per heavy atom. The summed E-state index contributed by atoms with van der Waals surface area (Å²) in [7, 11) is 2.96. The topological polar surface area (TPSA) is 74.6 Å². The van der Waals surface area contributed by atoms with Gasteiger partial charge in [-0.1, -0.05) is 0 Å². The Balaban J connectivity index is 2.59. The molecule has 0 bridgehead atoms. The summed E-state index contributed by atoms with van der Waals surface area (Å²) in [5.74, 6) is 0.640. The highest BCUT2D eigenvalue weighted by molar-refractivity contribution is 7.80. The SMILES string of the molecule is COc1cc(C#N)c(N2C(=O)CNC2=S)cc1OC. The maximum atomic E-state index is 11.8. The number of thiocarbonyl (C=S) groups is 1. The van der Waals surface area contributed by atoms with Crippen LogP contribution in [0.5, 0.6) is 11.5 Å². The number of rotatable bonds is 3. The maximum Gasteiger partial charge on any atom is 0.252 e. The average molecular weight is 277 g/mol. The Labute approximate surface area is 115 Å². The van der Waals surface area contributed by atoms with Gasteiger partial charge in [0.2, 0.25) is 0 Å². The number of carbonyl (C=O) groups is 1. The van der Waals surface area contributed by atoms with Crippen LogP contribution in [-0.4, -0.2) is 31.8 Å². The van der Waals surface area contributed by atoms with E-state index in [1.54, 1.807) is 6.07 Å². The third-order valence-corrected chi connectivity index (χ3v) is 3.03. The van der Waals surface area contributed by atoms with Crippen molar-refractivity contribution < 1.29 is 14.3 Å². The van der Waals surface area contributed by atoms with Gasteiger partial charge in [-0.25, -0.2) is 0 Å². The van der Waals surface area contributed by atoms with Crippen molar-refractivity contribution in [1.29, 1.82) is 5.26 Å². The zero-order valence-corrected chi connectivity index (χ0v) is 11.2. The maximum absolute atomic E-state index is 11.8. The van der Waals surface area contributed by atoms with Crippen LogP contribution in [0.2, 0.25) is 0 Å². The molecule has 7 heteroatoms. The van der Waals surface area contributed by atoms with E-state index in [0.29, 0.717) is 17.2 Å². The standard InChI is InChI=1S/C12H11N3O3S/c1-17-9-3-7(5-13)8(4-10(9)18-2)15-11(16)6-14-12(15)19/h3-4H,6H2,1-2H3,(H,14,19). The first-order valence-corrected chi connectivity index (χ1v) is 5.80. The Hall–Kier alpha value is -2.33. The predicted octanol–water partition coefficient (Wildman–Crippen LogP) is 0.797. The monoisotopic (exact) mass is 277 g/mol. The molecule has 1 aliphatic rings.